The maximum absolute atomic E-state index is 14.1. The van der Waals surface area contributed by atoms with Gasteiger partial charge in [0, 0.05) is 37.1 Å². The number of amides is 3. The lowest BCUT2D eigenvalue weighted by Gasteiger charge is -2.36. The summed E-state index contributed by atoms with van der Waals surface area (Å²) in [5, 5.41) is 9.77. The van der Waals surface area contributed by atoms with Crippen LogP contribution in [-0.4, -0.2) is 88.6 Å². The fourth-order valence-electron chi connectivity index (χ4n) is 5.98. The van der Waals surface area contributed by atoms with Gasteiger partial charge in [-0.1, -0.05) is 24.3 Å². The molecule has 0 radical (unpaired) electrons. The van der Waals surface area contributed by atoms with Crippen LogP contribution >= 0.6 is 11.8 Å². The molecule has 0 aromatic heterocycles. The summed E-state index contributed by atoms with van der Waals surface area (Å²) < 4.78 is 3.73. The minimum Gasteiger partial charge on any atom is -0.497 e. The Balaban J connectivity index is 1.62. The molecule has 180 valence electrons. The Morgan fingerprint density at radius 1 is 1.03 bits per heavy atom. The number of carbonyl (C=O) groups is 3. The first-order valence-electron chi connectivity index (χ1n) is 11.4. The Labute approximate surface area is 203 Å². The van der Waals surface area contributed by atoms with Crippen molar-refractivity contribution in [2.45, 2.75) is 22.5 Å². The lowest BCUT2D eigenvalue weighted by molar-refractivity contribution is -0.143. The van der Waals surface area contributed by atoms with Crippen LogP contribution in [0.15, 0.2) is 48.6 Å². The van der Waals surface area contributed by atoms with Crippen LogP contribution in [0.4, 0.5) is 5.69 Å². The van der Waals surface area contributed by atoms with Gasteiger partial charge in [-0.25, -0.2) is 0 Å². The standard InChI is InChI=1S/C25H29N3O5S/c1-24-10-4-12-26(2)21(30)18(24)19-22(31)28(14-15-29)20-23(32)27(13-5-11-25(19,20)34-24)16-6-8-17(33-3)9-7-16/h4-11,18-20,29H,12-15H2,1-3H3/t18-,19+,20?,24+,25+/m1/s1. The van der Waals surface area contributed by atoms with Crippen LogP contribution in [0.1, 0.15) is 6.92 Å². The van der Waals surface area contributed by atoms with E-state index in [0.717, 1.165) is 0 Å². The summed E-state index contributed by atoms with van der Waals surface area (Å²) in [6, 6.07) is 6.41. The van der Waals surface area contributed by atoms with E-state index in [1.807, 2.05) is 43.4 Å². The van der Waals surface area contributed by atoms with E-state index < -0.39 is 27.4 Å². The number of ether oxygens (including phenoxy) is 1. The Morgan fingerprint density at radius 3 is 2.41 bits per heavy atom. The van der Waals surface area contributed by atoms with E-state index in [1.54, 1.807) is 36.1 Å². The van der Waals surface area contributed by atoms with Crippen molar-refractivity contribution in [1.29, 1.82) is 0 Å². The lowest BCUT2D eigenvalue weighted by atomic mass is 9.74. The van der Waals surface area contributed by atoms with Gasteiger partial charge in [-0.3, -0.25) is 14.4 Å². The molecule has 1 unspecified atom stereocenters. The molecule has 8 nitrogen and oxygen atoms in total. The Morgan fingerprint density at radius 2 is 1.74 bits per heavy atom. The van der Waals surface area contributed by atoms with Gasteiger partial charge in [-0.2, -0.15) is 0 Å². The maximum atomic E-state index is 14.1. The summed E-state index contributed by atoms with van der Waals surface area (Å²) in [7, 11) is 3.33. The van der Waals surface area contributed by atoms with Crippen molar-refractivity contribution >= 4 is 35.2 Å². The molecule has 0 bridgehead atoms. The highest BCUT2D eigenvalue weighted by molar-refractivity contribution is 8.02. The Hall–Kier alpha value is -2.78. The average Bonchev–Trinajstić information content (AvgIpc) is 3.09. The lowest BCUT2D eigenvalue weighted by Crippen LogP contribution is -2.54. The largest absolute Gasteiger partial charge is 0.497 e. The first kappa shape index (κ1) is 23.0. The molecule has 1 aromatic carbocycles. The fraction of sp³-hybridized carbons (Fsp3) is 0.480. The van der Waals surface area contributed by atoms with Crippen molar-refractivity contribution in [2.75, 3.05) is 45.3 Å². The van der Waals surface area contributed by atoms with Crippen LogP contribution in [0, 0.1) is 11.8 Å². The third-order valence-corrected chi connectivity index (χ3v) is 9.28. The second-order valence-electron chi connectivity index (χ2n) is 9.42. The summed E-state index contributed by atoms with van der Waals surface area (Å²) in [5.41, 5.74) is 0.700. The highest BCUT2D eigenvalue weighted by atomic mass is 32.2. The van der Waals surface area contributed by atoms with Crippen molar-refractivity contribution in [2.24, 2.45) is 11.8 Å². The number of β-amino-alcohol motifs (C(OH)–C–C–N with tert-alkyl or cyclic N) is 1. The van der Waals surface area contributed by atoms with Crippen LogP contribution in [0.5, 0.6) is 5.75 Å². The van der Waals surface area contributed by atoms with Gasteiger partial charge < -0.3 is 24.5 Å². The number of aliphatic hydroxyl groups is 1. The van der Waals surface area contributed by atoms with Crippen LogP contribution in [-0.2, 0) is 14.4 Å². The Kier molecular flexibility index (Phi) is 5.52. The number of nitrogens with zero attached hydrogens (tertiary/aromatic N) is 3. The molecule has 5 rings (SSSR count). The number of hydrogen-bond donors (Lipinski definition) is 1. The zero-order valence-electron chi connectivity index (χ0n) is 19.5. The summed E-state index contributed by atoms with van der Waals surface area (Å²) in [4.78, 5) is 46.3. The third kappa shape index (κ3) is 3.13. The van der Waals surface area contributed by atoms with E-state index in [4.69, 9.17) is 4.74 Å². The number of likely N-dealkylation sites (tertiary alicyclic amines) is 1. The molecule has 0 aliphatic carbocycles. The van der Waals surface area contributed by atoms with Gasteiger partial charge in [0.15, 0.2) is 0 Å². The van der Waals surface area contributed by atoms with Crippen molar-refractivity contribution in [1.82, 2.24) is 9.80 Å². The molecule has 9 heteroatoms. The molecular weight excluding hydrogens is 454 g/mol. The first-order valence-corrected chi connectivity index (χ1v) is 12.3. The predicted molar refractivity (Wildman–Crippen MR) is 130 cm³/mol. The van der Waals surface area contributed by atoms with Gasteiger partial charge in [0.05, 0.1) is 30.3 Å². The summed E-state index contributed by atoms with van der Waals surface area (Å²) in [6.45, 7) is 2.62. The second kappa shape index (κ2) is 8.16. The molecule has 3 amide bonds. The van der Waals surface area contributed by atoms with Gasteiger partial charge in [0.1, 0.15) is 11.8 Å². The number of anilines is 1. The molecule has 0 saturated carbocycles. The highest BCUT2D eigenvalue weighted by Gasteiger charge is 2.73. The number of methoxy groups -OCH3 is 1. The number of carbonyl (C=O) groups excluding carboxylic acids is 3. The van der Waals surface area contributed by atoms with Crippen LogP contribution in [0.25, 0.3) is 0 Å². The van der Waals surface area contributed by atoms with Gasteiger partial charge in [0.2, 0.25) is 11.8 Å². The smallest absolute Gasteiger partial charge is 0.251 e. The van der Waals surface area contributed by atoms with E-state index in [-0.39, 0.29) is 30.9 Å². The zero-order chi connectivity index (χ0) is 24.3. The summed E-state index contributed by atoms with van der Waals surface area (Å²) >= 11 is 1.54. The molecular formula is C25H29N3O5S. The van der Waals surface area contributed by atoms with Gasteiger partial charge >= 0.3 is 0 Å². The number of hydrogen-bond acceptors (Lipinski definition) is 6. The molecule has 1 N–H and O–H groups in total. The number of benzene rings is 1. The molecule has 2 saturated heterocycles. The van der Waals surface area contributed by atoms with Gasteiger partial charge in [-0.05, 0) is 31.2 Å². The monoisotopic (exact) mass is 483 g/mol. The van der Waals surface area contributed by atoms with Gasteiger partial charge in [0.25, 0.3) is 5.91 Å². The van der Waals surface area contributed by atoms with E-state index in [1.165, 1.54) is 16.7 Å². The molecule has 4 heterocycles. The molecule has 1 spiro atoms. The highest BCUT2D eigenvalue weighted by Crippen LogP contribution is 2.65. The fourth-order valence-corrected chi connectivity index (χ4v) is 8.14. The number of aliphatic hydroxyl groups excluding tert-OH is 1. The average molecular weight is 484 g/mol. The minimum absolute atomic E-state index is 0.0433. The third-order valence-electron chi connectivity index (χ3n) is 7.48. The SMILES string of the molecule is COc1ccc(N2CC=C[C@]34S[C@@]5(C)C=CCN(C)C(=O)[C@H]5[C@H]3C(=O)N(CCO)C4C2=O)cc1. The summed E-state index contributed by atoms with van der Waals surface area (Å²) in [5.74, 6) is -1.14. The number of thioether (sulfide) groups is 1. The van der Waals surface area contributed by atoms with Crippen LogP contribution in [0.3, 0.4) is 0 Å². The predicted octanol–water partition coefficient (Wildman–Crippen LogP) is 1.31. The van der Waals surface area contributed by atoms with Crippen LogP contribution < -0.4 is 9.64 Å². The van der Waals surface area contributed by atoms with E-state index >= 15 is 0 Å². The van der Waals surface area contributed by atoms with E-state index in [9.17, 15) is 19.5 Å². The number of rotatable bonds is 4. The molecule has 4 aliphatic heterocycles. The zero-order valence-corrected chi connectivity index (χ0v) is 20.3. The van der Waals surface area contributed by atoms with Crippen molar-refractivity contribution in [3.8, 4) is 5.75 Å². The van der Waals surface area contributed by atoms with Crippen molar-refractivity contribution in [3.63, 3.8) is 0 Å². The minimum atomic E-state index is -0.901. The normalized spacial score (nSPS) is 34.6. The van der Waals surface area contributed by atoms with Crippen molar-refractivity contribution < 1.29 is 24.2 Å². The second-order valence-corrected chi connectivity index (χ2v) is 11.2. The van der Waals surface area contributed by atoms with E-state index in [0.29, 0.717) is 24.5 Å². The Bertz CT molecular complexity index is 1090. The van der Waals surface area contributed by atoms with Gasteiger partial charge in [-0.15, -0.1) is 11.8 Å². The van der Waals surface area contributed by atoms with Crippen LogP contribution in [0.2, 0.25) is 0 Å². The quantitative estimate of drug-likeness (QED) is 0.650. The summed E-state index contributed by atoms with van der Waals surface area (Å²) in [6.07, 6.45) is 7.91. The van der Waals surface area contributed by atoms with E-state index in [2.05, 4.69) is 0 Å². The molecule has 1 aromatic rings. The first-order chi connectivity index (χ1) is 16.3. The number of fused-ring (bicyclic) bond motifs is 2. The maximum Gasteiger partial charge on any atom is 0.251 e. The number of likely N-dealkylation sites (N-methyl/N-ethyl adjacent to an activating group) is 1. The molecule has 34 heavy (non-hydrogen) atoms. The molecule has 4 aliphatic rings. The molecule has 5 atom stereocenters. The molecule has 2 fully saturated rings. The van der Waals surface area contributed by atoms with Crippen molar-refractivity contribution in [3.05, 3.63) is 48.6 Å². The topological polar surface area (TPSA) is 90.4 Å².